The molecule has 0 bridgehead atoms. The molecule has 21 heavy (non-hydrogen) atoms. The molecule has 1 unspecified atom stereocenters. The first-order valence-corrected chi connectivity index (χ1v) is 7.61. The Balaban J connectivity index is 2.78. The standard InChI is InChI=1S/C16H30N4O/c1-11(2)14(17)8-9-19(7)15(21)13-10-18-20(12(13)3)16(4,5)6/h10-11,14H,8-9,17H2,1-7H3. The van der Waals surface area contributed by atoms with Gasteiger partial charge in [-0.2, -0.15) is 5.10 Å². The Hall–Kier alpha value is -1.36. The molecule has 0 aromatic carbocycles. The van der Waals surface area contributed by atoms with Crippen LogP contribution in [0.2, 0.25) is 0 Å². The van der Waals surface area contributed by atoms with Gasteiger partial charge in [-0.1, -0.05) is 13.8 Å². The molecule has 0 aliphatic heterocycles. The number of hydrogen-bond donors (Lipinski definition) is 1. The van der Waals surface area contributed by atoms with Crippen molar-refractivity contribution in [3.8, 4) is 0 Å². The molecule has 0 fully saturated rings. The van der Waals surface area contributed by atoms with Crippen molar-refractivity contribution in [3.05, 3.63) is 17.5 Å². The summed E-state index contributed by atoms with van der Waals surface area (Å²) in [5.74, 6) is 0.442. The van der Waals surface area contributed by atoms with Crippen LogP contribution in [0.5, 0.6) is 0 Å². The number of rotatable bonds is 5. The second kappa shape index (κ2) is 6.60. The zero-order valence-electron chi connectivity index (χ0n) is 14.5. The summed E-state index contributed by atoms with van der Waals surface area (Å²) in [7, 11) is 1.82. The van der Waals surface area contributed by atoms with Crippen molar-refractivity contribution in [2.45, 2.75) is 59.5 Å². The lowest BCUT2D eigenvalue weighted by atomic mass is 10.0. The van der Waals surface area contributed by atoms with Crippen molar-refractivity contribution in [3.63, 3.8) is 0 Å². The molecule has 1 amide bonds. The van der Waals surface area contributed by atoms with Gasteiger partial charge in [0.15, 0.2) is 0 Å². The SMILES string of the molecule is Cc1c(C(=O)N(C)CCC(N)C(C)C)cnn1C(C)(C)C. The minimum absolute atomic E-state index is 0.0129. The Bertz CT molecular complexity index is 485. The predicted octanol–water partition coefficient (Wildman–Crippen LogP) is 2.39. The van der Waals surface area contributed by atoms with E-state index in [1.165, 1.54) is 0 Å². The van der Waals surface area contributed by atoms with Gasteiger partial charge in [-0.15, -0.1) is 0 Å². The average molecular weight is 294 g/mol. The number of carbonyl (C=O) groups excluding carboxylic acids is 1. The van der Waals surface area contributed by atoms with Crippen LogP contribution in [0.3, 0.4) is 0 Å². The maximum Gasteiger partial charge on any atom is 0.257 e. The number of nitrogens with two attached hydrogens (primary N) is 1. The Labute approximate surface area is 128 Å². The number of hydrogen-bond acceptors (Lipinski definition) is 3. The summed E-state index contributed by atoms with van der Waals surface area (Å²) in [6, 6.07) is 0.124. The van der Waals surface area contributed by atoms with Crippen LogP contribution in [0, 0.1) is 12.8 Å². The van der Waals surface area contributed by atoms with E-state index in [9.17, 15) is 4.79 Å². The van der Waals surface area contributed by atoms with Crippen LogP contribution in [0.4, 0.5) is 0 Å². The lowest BCUT2D eigenvalue weighted by Gasteiger charge is -2.23. The Morgan fingerprint density at radius 1 is 1.43 bits per heavy atom. The van der Waals surface area contributed by atoms with Crippen molar-refractivity contribution in [2.75, 3.05) is 13.6 Å². The Kier molecular flexibility index (Phi) is 5.56. The van der Waals surface area contributed by atoms with Gasteiger partial charge in [0.1, 0.15) is 0 Å². The summed E-state index contributed by atoms with van der Waals surface area (Å²) < 4.78 is 1.90. The summed E-state index contributed by atoms with van der Waals surface area (Å²) in [4.78, 5) is 14.3. The lowest BCUT2D eigenvalue weighted by molar-refractivity contribution is 0.0788. The highest BCUT2D eigenvalue weighted by atomic mass is 16.2. The van der Waals surface area contributed by atoms with E-state index in [-0.39, 0.29) is 17.5 Å². The second-order valence-electron chi connectivity index (χ2n) is 7.15. The van der Waals surface area contributed by atoms with Crippen LogP contribution in [0.1, 0.15) is 57.1 Å². The topological polar surface area (TPSA) is 64.2 Å². The lowest BCUT2D eigenvalue weighted by Crippen LogP contribution is -2.35. The normalized spacial score (nSPS) is 13.6. The molecule has 0 aliphatic carbocycles. The van der Waals surface area contributed by atoms with Crippen LogP contribution in [0.25, 0.3) is 0 Å². The molecule has 0 aliphatic rings. The minimum Gasteiger partial charge on any atom is -0.342 e. The van der Waals surface area contributed by atoms with E-state index in [1.54, 1.807) is 11.1 Å². The van der Waals surface area contributed by atoms with Crippen molar-refractivity contribution in [2.24, 2.45) is 11.7 Å². The number of carbonyl (C=O) groups is 1. The highest BCUT2D eigenvalue weighted by Gasteiger charge is 2.23. The van der Waals surface area contributed by atoms with Crippen molar-refractivity contribution < 1.29 is 4.79 Å². The van der Waals surface area contributed by atoms with E-state index in [4.69, 9.17) is 5.73 Å². The molecular weight excluding hydrogens is 264 g/mol. The fourth-order valence-corrected chi connectivity index (χ4v) is 2.28. The monoisotopic (exact) mass is 294 g/mol. The summed E-state index contributed by atoms with van der Waals surface area (Å²) in [5.41, 5.74) is 7.50. The number of nitrogens with zero attached hydrogens (tertiary/aromatic N) is 3. The average Bonchev–Trinajstić information content (AvgIpc) is 2.76. The first-order chi connectivity index (χ1) is 9.55. The van der Waals surface area contributed by atoms with Crippen LogP contribution >= 0.6 is 0 Å². The van der Waals surface area contributed by atoms with E-state index in [1.807, 2.05) is 18.7 Å². The quantitative estimate of drug-likeness (QED) is 0.907. The summed E-state index contributed by atoms with van der Waals surface area (Å²) in [6.07, 6.45) is 2.48. The minimum atomic E-state index is -0.124. The van der Waals surface area contributed by atoms with Gasteiger partial charge in [-0.05, 0) is 40.0 Å². The zero-order valence-corrected chi connectivity index (χ0v) is 14.5. The zero-order chi connectivity index (χ0) is 16.4. The molecule has 1 aromatic rings. The van der Waals surface area contributed by atoms with E-state index >= 15 is 0 Å². The third-order valence-corrected chi connectivity index (χ3v) is 3.88. The maximum atomic E-state index is 12.5. The van der Waals surface area contributed by atoms with Crippen LogP contribution < -0.4 is 5.73 Å². The molecule has 5 nitrogen and oxygen atoms in total. The van der Waals surface area contributed by atoms with E-state index in [0.717, 1.165) is 12.1 Å². The molecule has 0 saturated heterocycles. The first kappa shape index (κ1) is 17.7. The van der Waals surface area contributed by atoms with Crippen LogP contribution in [-0.2, 0) is 5.54 Å². The molecule has 2 N–H and O–H groups in total. The molecule has 0 radical (unpaired) electrons. The highest BCUT2D eigenvalue weighted by Crippen LogP contribution is 2.19. The largest absolute Gasteiger partial charge is 0.342 e. The van der Waals surface area contributed by atoms with Crippen molar-refractivity contribution in [1.82, 2.24) is 14.7 Å². The highest BCUT2D eigenvalue weighted by molar-refractivity contribution is 5.94. The van der Waals surface area contributed by atoms with Gasteiger partial charge in [0, 0.05) is 25.3 Å². The molecule has 1 rings (SSSR count). The third-order valence-electron chi connectivity index (χ3n) is 3.88. The van der Waals surface area contributed by atoms with Gasteiger partial charge >= 0.3 is 0 Å². The van der Waals surface area contributed by atoms with Crippen molar-refractivity contribution in [1.29, 1.82) is 0 Å². The molecule has 1 aromatic heterocycles. The summed E-state index contributed by atoms with van der Waals surface area (Å²) in [6.45, 7) is 13.0. The van der Waals surface area contributed by atoms with E-state index in [2.05, 4.69) is 39.7 Å². The van der Waals surface area contributed by atoms with Gasteiger partial charge < -0.3 is 10.6 Å². The van der Waals surface area contributed by atoms with Gasteiger partial charge in [-0.3, -0.25) is 9.48 Å². The smallest absolute Gasteiger partial charge is 0.257 e. The molecule has 0 saturated carbocycles. The Morgan fingerprint density at radius 2 is 2.00 bits per heavy atom. The number of amides is 1. The third kappa shape index (κ3) is 4.30. The fraction of sp³-hybridized carbons (Fsp3) is 0.750. The molecule has 1 heterocycles. The number of aromatic nitrogens is 2. The summed E-state index contributed by atoms with van der Waals surface area (Å²) >= 11 is 0. The van der Waals surface area contributed by atoms with E-state index < -0.39 is 0 Å². The van der Waals surface area contributed by atoms with Crippen molar-refractivity contribution >= 4 is 5.91 Å². The van der Waals surface area contributed by atoms with Crippen LogP contribution in [-0.4, -0.2) is 40.2 Å². The fourth-order valence-electron chi connectivity index (χ4n) is 2.28. The van der Waals surface area contributed by atoms with Gasteiger partial charge in [0.25, 0.3) is 5.91 Å². The molecule has 0 spiro atoms. The Morgan fingerprint density at radius 3 is 2.43 bits per heavy atom. The second-order valence-corrected chi connectivity index (χ2v) is 7.15. The van der Waals surface area contributed by atoms with Gasteiger partial charge in [-0.25, -0.2) is 0 Å². The van der Waals surface area contributed by atoms with Gasteiger partial charge in [0.05, 0.1) is 17.3 Å². The van der Waals surface area contributed by atoms with Gasteiger partial charge in [0.2, 0.25) is 0 Å². The predicted molar refractivity (Wildman–Crippen MR) is 86.4 cm³/mol. The van der Waals surface area contributed by atoms with E-state index in [0.29, 0.717) is 18.0 Å². The molecule has 1 atom stereocenters. The molecular formula is C16H30N4O. The first-order valence-electron chi connectivity index (χ1n) is 7.61. The molecule has 5 heteroatoms. The summed E-state index contributed by atoms with van der Waals surface area (Å²) in [5, 5.41) is 4.36. The van der Waals surface area contributed by atoms with Crippen LogP contribution in [0.15, 0.2) is 6.20 Å². The molecule has 120 valence electrons. The maximum absolute atomic E-state index is 12.5.